The van der Waals surface area contributed by atoms with Crippen LogP contribution in [0.3, 0.4) is 0 Å². The number of hydrogen-bond donors (Lipinski definition) is 2. The van der Waals surface area contributed by atoms with Crippen molar-refractivity contribution in [3.05, 3.63) is 47.3 Å². The maximum atomic E-state index is 15.6. The van der Waals surface area contributed by atoms with Crippen molar-refractivity contribution in [1.82, 2.24) is 19.0 Å². The second-order valence-corrected chi connectivity index (χ2v) is 11.5. The molecule has 9 heteroatoms. The number of hydrogen-bond acceptors (Lipinski definition) is 5. The number of aromatic nitrogens is 3. The molecule has 0 unspecified atom stereocenters. The molecule has 38 heavy (non-hydrogen) atoms. The zero-order chi connectivity index (χ0) is 25.9. The summed E-state index contributed by atoms with van der Waals surface area (Å²) < 4.78 is 19.7. The first-order valence-electron chi connectivity index (χ1n) is 13.5. The van der Waals surface area contributed by atoms with Gasteiger partial charge in [-0.1, -0.05) is 0 Å². The van der Waals surface area contributed by atoms with Crippen molar-refractivity contribution in [3.8, 4) is 17.6 Å². The molecule has 0 spiro atoms. The number of nitrogens with one attached hydrogen (secondary N) is 1. The number of likely N-dealkylation sites (tertiary alicyclic amines) is 1. The zero-order valence-electron chi connectivity index (χ0n) is 21.1. The van der Waals surface area contributed by atoms with Crippen molar-refractivity contribution >= 4 is 33.5 Å². The first kappa shape index (κ1) is 22.1. The maximum absolute atomic E-state index is 15.6. The zero-order valence-corrected chi connectivity index (χ0v) is 21.1. The van der Waals surface area contributed by atoms with E-state index < -0.39 is 5.82 Å². The molecule has 192 valence electrons. The fourth-order valence-corrected chi connectivity index (χ4v) is 7.35. The van der Waals surface area contributed by atoms with Crippen LogP contribution in [0, 0.1) is 29.0 Å². The van der Waals surface area contributed by atoms with Gasteiger partial charge in [-0.05, 0) is 67.9 Å². The number of carbonyl (C=O) groups is 1. The van der Waals surface area contributed by atoms with Gasteiger partial charge in [0.05, 0.1) is 40.1 Å². The van der Waals surface area contributed by atoms with Crippen molar-refractivity contribution in [2.24, 2.45) is 24.6 Å². The van der Waals surface area contributed by atoms with Gasteiger partial charge in [0, 0.05) is 43.2 Å². The van der Waals surface area contributed by atoms with E-state index in [2.05, 4.69) is 22.0 Å². The van der Waals surface area contributed by atoms with Crippen LogP contribution in [0.1, 0.15) is 47.6 Å². The number of halogens is 1. The molecule has 2 aromatic heterocycles. The highest BCUT2D eigenvalue weighted by Crippen LogP contribution is 2.48. The molecule has 1 amide bonds. The smallest absolute Gasteiger partial charge is 0.254 e. The van der Waals surface area contributed by atoms with Crippen LogP contribution >= 0.6 is 0 Å². The summed E-state index contributed by atoms with van der Waals surface area (Å²) in [6, 6.07) is 11.5. The third-order valence-electron chi connectivity index (χ3n) is 9.37. The Labute approximate surface area is 218 Å². The van der Waals surface area contributed by atoms with E-state index in [0.717, 1.165) is 41.7 Å². The molecule has 4 heterocycles. The molecule has 3 N–H and O–H groups in total. The van der Waals surface area contributed by atoms with Gasteiger partial charge in [0.25, 0.3) is 5.91 Å². The second kappa shape index (κ2) is 7.58. The molecule has 2 aliphatic heterocycles. The minimum atomic E-state index is -0.455. The van der Waals surface area contributed by atoms with Gasteiger partial charge in [-0.2, -0.15) is 5.26 Å². The van der Waals surface area contributed by atoms with Crippen molar-refractivity contribution < 1.29 is 9.18 Å². The van der Waals surface area contributed by atoms with E-state index in [1.807, 2.05) is 24.1 Å². The molecule has 2 bridgehead atoms. The van der Waals surface area contributed by atoms with Gasteiger partial charge >= 0.3 is 0 Å². The second-order valence-electron chi connectivity index (χ2n) is 11.5. The van der Waals surface area contributed by atoms with Gasteiger partial charge in [-0.25, -0.2) is 9.37 Å². The molecule has 8 nitrogen and oxygen atoms in total. The van der Waals surface area contributed by atoms with Gasteiger partial charge in [0.15, 0.2) is 5.82 Å². The Balaban J connectivity index is 1.28. The Bertz CT molecular complexity index is 1720. The number of fused-ring (bicyclic) bond motifs is 3. The number of nitriles is 1. The van der Waals surface area contributed by atoms with Crippen molar-refractivity contribution in [2.45, 2.75) is 43.8 Å². The Morgan fingerprint density at radius 1 is 1.11 bits per heavy atom. The van der Waals surface area contributed by atoms with E-state index in [0.29, 0.717) is 46.4 Å². The quantitative estimate of drug-likeness (QED) is 0.432. The standard InChI is InChI=1S/C29H28FN7O/c1-35-27-19(30)8-18(29(38)36-13-16-4-5-22(36)25(16)32)9-21(27)34-28(35)23-10-17-6-14(11-31)7-20-26(17)37(23)24(12-33-20)15-2-3-15/h6-10,15-16,22,24-25,33H,2-5,12-13,32H2,1H3/t16-,22-,24+,25-/m1/s1. The SMILES string of the molecule is Cn1c(-c2cc3cc(C#N)cc4c3n2[C@H](C2CC2)CN4)nc2cc(C(=O)N3C[C@H]4CC[C@@H]3[C@@H]4N)cc(F)c21. The Morgan fingerprint density at radius 3 is 2.63 bits per heavy atom. The molecule has 0 radical (unpaired) electrons. The highest BCUT2D eigenvalue weighted by atomic mass is 19.1. The molecule has 3 fully saturated rings. The molecule has 2 aromatic carbocycles. The summed E-state index contributed by atoms with van der Waals surface area (Å²) in [5.41, 5.74) is 11.0. The highest BCUT2D eigenvalue weighted by Gasteiger charge is 2.47. The van der Waals surface area contributed by atoms with Crippen LogP contribution in [0.2, 0.25) is 0 Å². The highest BCUT2D eigenvalue weighted by molar-refractivity contribution is 6.00. The minimum Gasteiger partial charge on any atom is -0.381 e. The number of nitrogens with two attached hydrogens (primary N) is 1. The third kappa shape index (κ3) is 2.92. The fraction of sp³-hybridized carbons (Fsp3) is 0.414. The normalized spacial score (nSPS) is 25.8. The summed E-state index contributed by atoms with van der Waals surface area (Å²) in [6.45, 7) is 1.42. The van der Waals surface area contributed by atoms with Crippen LogP contribution < -0.4 is 11.1 Å². The predicted molar refractivity (Wildman–Crippen MR) is 142 cm³/mol. The average Bonchev–Trinajstić information content (AvgIpc) is 3.37. The molecule has 2 saturated carbocycles. The number of rotatable bonds is 3. The van der Waals surface area contributed by atoms with E-state index in [-0.39, 0.29) is 24.0 Å². The number of nitrogens with zero attached hydrogens (tertiary/aromatic N) is 5. The molecule has 8 rings (SSSR count). The molecule has 4 aromatic rings. The summed E-state index contributed by atoms with van der Waals surface area (Å²) in [6.07, 6.45) is 4.33. The topological polar surface area (TPSA) is 105 Å². The monoisotopic (exact) mass is 509 g/mol. The minimum absolute atomic E-state index is 0.00908. The van der Waals surface area contributed by atoms with Crippen molar-refractivity contribution in [2.75, 3.05) is 18.4 Å². The lowest BCUT2D eigenvalue weighted by molar-refractivity contribution is 0.0700. The molecule has 2 aliphatic carbocycles. The van der Waals surface area contributed by atoms with Crippen molar-refractivity contribution in [3.63, 3.8) is 0 Å². The van der Waals surface area contributed by atoms with Crippen LogP contribution in [0.25, 0.3) is 33.5 Å². The molecular formula is C29H28FN7O. The van der Waals surface area contributed by atoms with E-state index >= 15 is 4.39 Å². The lowest BCUT2D eigenvalue weighted by Gasteiger charge is -2.29. The largest absolute Gasteiger partial charge is 0.381 e. The van der Waals surface area contributed by atoms with Gasteiger partial charge in [-0.15, -0.1) is 0 Å². The van der Waals surface area contributed by atoms with Gasteiger partial charge in [-0.3, -0.25) is 4.79 Å². The van der Waals surface area contributed by atoms with Crippen LogP contribution in [0.4, 0.5) is 10.1 Å². The molecular weight excluding hydrogens is 481 g/mol. The number of piperidine rings is 1. The summed E-state index contributed by atoms with van der Waals surface area (Å²) in [7, 11) is 1.83. The van der Waals surface area contributed by atoms with E-state index in [1.54, 1.807) is 10.6 Å². The first-order valence-corrected chi connectivity index (χ1v) is 13.5. The summed E-state index contributed by atoms with van der Waals surface area (Å²) in [5, 5.41) is 14.1. The molecule has 1 saturated heterocycles. The van der Waals surface area contributed by atoms with Crippen LogP contribution in [-0.4, -0.2) is 50.1 Å². The summed E-state index contributed by atoms with van der Waals surface area (Å²) >= 11 is 0. The van der Waals surface area contributed by atoms with Gasteiger partial charge < -0.3 is 25.1 Å². The number of carbonyl (C=O) groups excluding carboxylic acids is 1. The number of aryl methyl sites for hydroxylation is 1. The lowest BCUT2D eigenvalue weighted by Crippen LogP contribution is -2.41. The number of anilines is 1. The van der Waals surface area contributed by atoms with Crippen LogP contribution in [-0.2, 0) is 7.05 Å². The summed E-state index contributed by atoms with van der Waals surface area (Å²) in [5.74, 6) is 0.943. The van der Waals surface area contributed by atoms with Gasteiger partial charge in [0.2, 0.25) is 0 Å². The van der Waals surface area contributed by atoms with E-state index in [1.165, 1.54) is 18.9 Å². The van der Waals surface area contributed by atoms with Crippen LogP contribution in [0.15, 0.2) is 30.3 Å². The van der Waals surface area contributed by atoms with E-state index in [9.17, 15) is 10.1 Å². The maximum Gasteiger partial charge on any atom is 0.254 e. The predicted octanol–water partition coefficient (Wildman–Crippen LogP) is 4.14. The average molecular weight is 510 g/mol. The Morgan fingerprint density at radius 2 is 1.92 bits per heavy atom. The van der Waals surface area contributed by atoms with E-state index in [4.69, 9.17) is 10.7 Å². The molecule has 4 atom stereocenters. The lowest BCUT2D eigenvalue weighted by atomic mass is 10.1. The third-order valence-corrected chi connectivity index (χ3v) is 9.37. The van der Waals surface area contributed by atoms with Crippen LogP contribution in [0.5, 0.6) is 0 Å². The molecule has 4 aliphatic rings. The Hall–Kier alpha value is -3.90. The number of benzene rings is 2. The number of imidazole rings is 1. The fourth-order valence-electron chi connectivity index (χ4n) is 7.35. The van der Waals surface area contributed by atoms with Crippen molar-refractivity contribution in [1.29, 1.82) is 5.26 Å². The van der Waals surface area contributed by atoms with Gasteiger partial charge in [0.1, 0.15) is 11.3 Å². The summed E-state index contributed by atoms with van der Waals surface area (Å²) in [4.78, 5) is 20.2. The number of amides is 1. The Kier molecular flexibility index (Phi) is 4.41. The first-order chi connectivity index (χ1) is 18.4.